The summed E-state index contributed by atoms with van der Waals surface area (Å²) in [5.74, 6) is -1.72. The van der Waals surface area contributed by atoms with Gasteiger partial charge in [0, 0.05) is 19.9 Å². The van der Waals surface area contributed by atoms with Gasteiger partial charge in [-0.2, -0.15) is 0 Å². The van der Waals surface area contributed by atoms with Gasteiger partial charge in [0.2, 0.25) is 11.6 Å². The van der Waals surface area contributed by atoms with Crippen LogP contribution in [0.5, 0.6) is 0 Å². The fourth-order valence-electron chi connectivity index (χ4n) is 1.91. The average Bonchev–Trinajstić information content (AvgIpc) is 2.37. The molecule has 5 heteroatoms. The number of benzene rings is 1. The van der Waals surface area contributed by atoms with E-state index in [0.29, 0.717) is 5.56 Å². The van der Waals surface area contributed by atoms with Gasteiger partial charge in [-0.3, -0.25) is 4.79 Å². The summed E-state index contributed by atoms with van der Waals surface area (Å²) >= 11 is 0. The normalized spacial score (nSPS) is 13.8. The van der Waals surface area contributed by atoms with Crippen LogP contribution in [0.2, 0.25) is 0 Å². The maximum Gasteiger partial charge on any atom is 0.357 e. The SMILES string of the molecule is CC(C)CC(=O)N(C)[C@](O)(Cc1ccccc1)C(=O)O. The van der Waals surface area contributed by atoms with E-state index in [1.807, 2.05) is 13.8 Å². The number of hydrogen-bond acceptors (Lipinski definition) is 3. The Bertz CT molecular complexity index is 472. The van der Waals surface area contributed by atoms with E-state index in [4.69, 9.17) is 0 Å². The Morgan fingerprint density at radius 1 is 1.25 bits per heavy atom. The molecular formula is C15H21NO4. The molecule has 1 aromatic rings. The Hall–Kier alpha value is -1.88. The molecule has 0 saturated heterocycles. The van der Waals surface area contributed by atoms with Crippen molar-refractivity contribution in [2.75, 3.05) is 7.05 Å². The Morgan fingerprint density at radius 2 is 1.80 bits per heavy atom. The highest BCUT2D eigenvalue weighted by atomic mass is 16.4. The van der Waals surface area contributed by atoms with E-state index in [-0.39, 0.29) is 24.7 Å². The number of amides is 1. The molecule has 0 aliphatic heterocycles. The van der Waals surface area contributed by atoms with Crippen molar-refractivity contribution in [3.05, 3.63) is 35.9 Å². The second-order valence-corrected chi connectivity index (χ2v) is 5.33. The number of carbonyl (C=O) groups excluding carboxylic acids is 1. The lowest BCUT2D eigenvalue weighted by atomic mass is 10.00. The summed E-state index contributed by atoms with van der Waals surface area (Å²) in [5.41, 5.74) is -1.57. The van der Waals surface area contributed by atoms with Crippen LogP contribution in [-0.4, -0.2) is 39.8 Å². The van der Waals surface area contributed by atoms with Crippen molar-refractivity contribution >= 4 is 11.9 Å². The number of nitrogens with zero attached hydrogens (tertiary/aromatic N) is 1. The van der Waals surface area contributed by atoms with Gasteiger partial charge in [-0.15, -0.1) is 0 Å². The quantitative estimate of drug-likeness (QED) is 0.774. The Labute approximate surface area is 118 Å². The minimum Gasteiger partial charge on any atom is -0.478 e. The van der Waals surface area contributed by atoms with Crippen molar-refractivity contribution in [1.29, 1.82) is 0 Å². The average molecular weight is 279 g/mol. The zero-order valence-electron chi connectivity index (χ0n) is 12.0. The van der Waals surface area contributed by atoms with Crippen LogP contribution in [0.1, 0.15) is 25.8 Å². The second-order valence-electron chi connectivity index (χ2n) is 5.33. The first kappa shape index (κ1) is 16.2. The molecule has 0 aromatic heterocycles. The minimum atomic E-state index is -2.23. The van der Waals surface area contributed by atoms with Crippen LogP contribution in [-0.2, 0) is 16.0 Å². The number of carboxylic acids is 1. The van der Waals surface area contributed by atoms with Crippen molar-refractivity contribution in [3.63, 3.8) is 0 Å². The smallest absolute Gasteiger partial charge is 0.357 e. The van der Waals surface area contributed by atoms with E-state index < -0.39 is 11.7 Å². The molecule has 20 heavy (non-hydrogen) atoms. The monoisotopic (exact) mass is 279 g/mol. The topological polar surface area (TPSA) is 77.8 Å². The lowest BCUT2D eigenvalue weighted by molar-refractivity contribution is -0.185. The molecule has 0 aliphatic carbocycles. The van der Waals surface area contributed by atoms with E-state index in [0.717, 1.165) is 4.90 Å². The van der Waals surface area contributed by atoms with Crippen LogP contribution >= 0.6 is 0 Å². The minimum absolute atomic E-state index is 0.0970. The number of carboxylic acid groups (broad SMARTS) is 1. The van der Waals surface area contributed by atoms with Gasteiger partial charge in [0.15, 0.2) is 0 Å². The molecule has 2 N–H and O–H groups in total. The van der Waals surface area contributed by atoms with Gasteiger partial charge in [0.1, 0.15) is 0 Å². The largest absolute Gasteiger partial charge is 0.478 e. The molecule has 0 heterocycles. The highest BCUT2D eigenvalue weighted by molar-refractivity contribution is 5.85. The van der Waals surface area contributed by atoms with Gasteiger partial charge in [-0.1, -0.05) is 44.2 Å². The van der Waals surface area contributed by atoms with E-state index in [1.165, 1.54) is 7.05 Å². The van der Waals surface area contributed by atoms with Crippen molar-refractivity contribution in [2.45, 2.75) is 32.4 Å². The first-order valence-electron chi connectivity index (χ1n) is 6.53. The molecule has 1 atom stereocenters. The standard InChI is InChI=1S/C15H21NO4/c1-11(2)9-13(17)16(3)15(20,14(18)19)10-12-7-5-4-6-8-12/h4-8,11,20H,9-10H2,1-3H3,(H,18,19)/t15-/m0/s1. The van der Waals surface area contributed by atoms with Crippen LogP contribution in [0.15, 0.2) is 30.3 Å². The predicted octanol–water partition coefficient (Wildman–Crippen LogP) is 1.51. The highest BCUT2D eigenvalue weighted by Crippen LogP contribution is 2.20. The Morgan fingerprint density at radius 3 is 2.25 bits per heavy atom. The van der Waals surface area contributed by atoms with E-state index >= 15 is 0 Å². The van der Waals surface area contributed by atoms with Gasteiger partial charge in [-0.05, 0) is 11.5 Å². The fourth-order valence-corrected chi connectivity index (χ4v) is 1.91. The van der Waals surface area contributed by atoms with Gasteiger partial charge in [-0.25, -0.2) is 4.79 Å². The molecule has 0 saturated carbocycles. The van der Waals surface area contributed by atoms with Crippen LogP contribution in [0.25, 0.3) is 0 Å². The lowest BCUT2D eigenvalue weighted by Gasteiger charge is -2.34. The predicted molar refractivity (Wildman–Crippen MR) is 75.0 cm³/mol. The molecule has 1 rings (SSSR count). The molecule has 0 unspecified atom stereocenters. The highest BCUT2D eigenvalue weighted by Gasteiger charge is 2.43. The first-order chi connectivity index (χ1) is 9.27. The lowest BCUT2D eigenvalue weighted by Crippen LogP contribution is -2.57. The molecule has 1 aromatic carbocycles. The van der Waals surface area contributed by atoms with E-state index in [1.54, 1.807) is 30.3 Å². The molecule has 1 amide bonds. The molecule has 110 valence electrons. The summed E-state index contributed by atoms with van der Waals surface area (Å²) in [4.78, 5) is 24.3. The maximum atomic E-state index is 12.0. The summed E-state index contributed by atoms with van der Waals surface area (Å²) in [6.07, 6.45) is 0.0460. The van der Waals surface area contributed by atoms with Crippen molar-refractivity contribution in [1.82, 2.24) is 4.90 Å². The van der Waals surface area contributed by atoms with Gasteiger partial charge in [0.25, 0.3) is 0 Å². The second kappa shape index (κ2) is 6.52. The van der Waals surface area contributed by atoms with Crippen LogP contribution in [0.3, 0.4) is 0 Å². The van der Waals surface area contributed by atoms with E-state index in [2.05, 4.69) is 0 Å². The number of aliphatic hydroxyl groups is 1. The number of rotatable bonds is 6. The summed E-state index contributed by atoms with van der Waals surface area (Å²) in [7, 11) is 1.32. The maximum absolute atomic E-state index is 12.0. The summed E-state index contributed by atoms with van der Waals surface area (Å²) < 4.78 is 0. The van der Waals surface area contributed by atoms with Gasteiger partial charge >= 0.3 is 5.97 Å². The first-order valence-corrected chi connectivity index (χ1v) is 6.53. The third-order valence-corrected chi connectivity index (χ3v) is 3.15. The molecular weight excluding hydrogens is 258 g/mol. The Balaban J connectivity index is 2.97. The zero-order valence-corrected chi connectivity index (χ0v) is 12.0. The van der Waals surface area contributed by atoms with Crippen molar-refractivity contribution in [3.8, 4) is 0 Å². The van der Waals surface area contributed by atoms with E-state index in [9.17, 15) is 19.8 Å². The van der Waals surface area contributed by atoms with Crippen LogP contribution in [0.4, 0.5) is 0 Å². The summed E-state index contributed by atoms with van der Waals surface area (Å²) in [5, 5.41) is 19.7. The molecule has 0 bridgehead atoms. The van der Waals surface area contributed by atoms with Crippen molar-refractivity contribution < 1.29 is 19.8 Å². The van der Waals surface area contributed by atoms with Gasteiger partial charge in [0.05, 0.1) is 0 Å². The zero-order chi connectivity index (χ0) is 15.3. The number of hydrogen-bond donors (Lipinski definition) is 2. The number of likely N-dealkylation sites (N-methyl/N-ethyl adjacent to an activating group) is 1. The fraction of sp³-hybridized carbons (Fsp3) is 0.467. The molecule has 5 nitrogen and oxygen atoms in total. The van der Waals surface area contributed by atoms with Crippen LogP contribution in [0, 0.1) is 5.92 Å². The molecule has 0 radical (unpaired) electrons. The van der Waals surface area contributed by atoms with Gasteiger partial charge < -0.3 is 15.1 Å². The molecule has 0 aliphatic rings. The number of carbonyl (C=O) groups is 2. The third kappa shape index (κ3) is 3.81. The summed E-state index contributed by atoms with van der Waals surface area (Å²) in [6, 6.07) is 8.75. The number of aliphatic carboxylic acids is 1. The molecule has 0 fully saturated rings. The summed E-state index contributed by atoms with van der Waals surface area (Å²) in [6.45, 7) is 3.73. The van der Waals surface area contributed by atoms with Crippen molar-refractivity contribution in [2.24, 2.45) is 5.92 Å². The Kier molecular flexibility index (Phi) is 5.27. The third-order valence-electron chi connectivity index (χ3n) is 3.15. The van der Waals surface area contributed by atoms with Crippen LogP contribution < -0.4 is 0 Å². The molecule has 0 spiro atoms.